The van der Waals surface area contributed by atoms with Crippen LogP contribution in [-0.4, -0.2) is 12.7 Å². The van der Waals surface area contributed by atoms with Gasteiger partial charge in [-0.1, -0.05) is 6.08 Å². The number of halogens is 1. The Bertz CT molecular complexity index is 54.0. The normalized spacial score (nSPS) is 13.4. The van der Waals surface area contributed by atoms with Crippen LogP contribution in [-0.2, 0) is 0 Å². The molecule has 0 saturated carbocycles. The molecule has 0 spiro atoms. The van der Waals surface area contributed by atoms with Crippen LogP contribution in [0.3, 0.4) is 0 Å². The standard InChI is InChI=1S/C5H10FN/c1-2-5(6)3-4-7/h2,5H,1,3-4,7H2. The molecule has 2 N–H and O–H groups in total. The van der Waals surface area contributed by atoms with Gasteiger partial charge in [-0.15, -0.1) is 6.58 Å². The maximum Gasteiger partial charge on any atom is 0.119 e. The third-order valence-electron chi connectivity index (χ3n) is 0.698. The van der Waals surface area contributed by atoms with E-state index in [9.17, 15) is 4.39 Å². The largest absolute Gasteiger partial charge is 0.330 e. The first-order chi connectivity index (χ1) is 3.31. The fourth-order valence-corrected chi connectivity index (χ4v) is 0.277. The number of hydrogen-bond donors (Lipinski definition) is 1. The number of hydrogen-bond acceptors (Lipinski definition) is 1. The Morgan fingerprint density at radius 1 is 1.86 bits per heavy atom. The smallest absolute Gasteiger partial charge is 0.119 e. The van der Waals surface area contributed by atoms with E-state index in [1.807, 2.05) is 0 Å². The molecular weight excluding hydrogens is 93.1 g/mol. The van der Waals surface area contributed by atoms with E-state index in [4.69, 9.17) is 5.73 Å². The van der Waals surface area contributed by atoms with Gasteiger partial charge in [0, 0.05) is 0 Å². The van der Waals surface area contributed by atoms with Crippen LogP contribution in [0.1, 0.15) is 6.42 Å². The summed E-state index contributed by atoms with van der Waals surface area (Å²) in [5.74, 6) is 0. The third-order valence-corrected chi connectivity index (χ3v) is 0.698. The zero-order chi connectivity index (χ0) is 5.70. The highest BCUT2D eigenvalue weighted by Crippen LogP contribution is 1.94. The summed E-state index contributed by atoms with van der Waals surface area (Å²) < 4.78 is 11.9. The molecule has 0 aromatic carbocycles. The Balaban J connectivity index is 2.98. The minimum Gasteiger partial charge on any atom is -0.330 e. The summed E-state index contributed by atoms with van der Waals surface area (Å²) in [4.78, 5) is 0. The number of allylic oxidation sites excluding steroid dienone is 1. The molecule has 1 nitrogen and oxygen atoms in total. The van der Waals surface area contributed by atoms with Crippen LogP contribution in [0, 0.1) is 0 Å². The second-order valence-electron chi connectivity index (χ2n) is 1.33. The van der Waals surface area contributed by atoms with Crippen LogP contribution in [0.25, 0.3) is 0 Å². The lowest BCUT2D eigenvalue weighted by Crippen LogP contribution is -2.05. The molecule has 42 valence electrons. The van der Waals surface area contributed by atoms with Crippen molar-refractivity contribution in [3.63, 3.8) is 0 Å². The Morgan fingerprint density at radius 3 is 2.57 bits per heavy atom. The molecule has 2 heteroatoms. The fourth-order valence-electron chi connectivity index (χ4n) is 0.277. The van der Waals surface area contributed by atoms with Crippen molar-refractivity contribution >= 4 is 0 Å². The monoisotopic (exact) mass is 103 g/mol. The Hall–Kier alpha value is -0.370. The Morgan fingerprint density at radius 2 is 2.43 bits per heavy atom. The number of alkyl halides is 1. The summed E-state index contributed by atoms with van der Waals surface area (Å²) in [6, 6.07) is 0. The second kappa shape index (κ2) is 3.81. The van der Waals surface area contributed by atoms with Crippen molar-refractivity contribution < 1.29 is 4.39 Å². The molecule has 1 unspecified atom stereocenters. The molecule has 0 heterocycles. The van der Waals surface area contributed by atoms with Gasteiger partial charge in [0.15, 0.2) is 0 Å². The predicted octanol–water partition coefficient (Wildman–Crippen LogP) is 0.859. The second-order valence-corrected chi connectivity index (χ2v) is 1.33. The van der Waals surface area contributed by atoms with Gasteiger partial charge in [0.25, 0.3) is 0 Å². The van der Waals surface area contributed by atoms with Crippen molar-refractivity contribution in [2.75, 3.05) is 6.54 Å². The summed E-state index contributed by atoms with van der Waals surface area (Å²) in [7, 11) is 0. The van der Waals surface area contributed by atoms with Crippen molar-refractivity contribution in [3.8, 4) is 0 Å². The van der Waals surface area contributed by atoms with Crippen molar-refractivity contribution in [3.05, 3.63) is 12.7 Å². The first kappa shape index (κ1) is 6.63. The van der Waals surface area contributed by atoms with E-state index in [2.05, 4.69) is 6.58 Å². The molecule has 0 aliphatic carbocycles. The van der Waals surface area contributed by atoms with Gasteiger partial charge in [-0.05, 0) is 13.0 Å². The molecule has 1 atom stereocenters. The molecule has 0 aromatic heterocycles. The van der Waals surface area contributed by atoms with E-state index in [0.29, 0.717) is 13.0 Å². The minimum absolute atomic E-state index is 0.392. The fraction of sp³-hybridized carbons (Fsp3) is 0.600. The van der Waals surface area contributed by atoms with Gasteiger partial charge < -0.3 is 5.73 Å². The van der Waals surface area contributed by atoms with Crippen LogP contribution in [0.15, 0.2) is 12.7 Å². The molecular formula is C5H10FN. The molecule has 0 rings (SSSR count). The van der Waals surface area contributed by atoms with Gasteiger partial charge in [-0.2, -0.15) is 0 Å². The lowest BCUT2D eigenvalue weighted by molar-refractivity contribution is 0.383. The van der Waals surface area contributed by atoms with E-state index in [0.717, 1.165) is 0 Å². The summed E-state index contributed by atoms with van der Waals surface area (Å²) in [6.07, 6.45) is 0.737. The number of nitrogens with two attached hydrogens (primary N) is 1. The molecule has 0 amide bonds. The SMILES string of the molecule is C=CC(F)CCN. The van der Waals surface area contributed by atoms with Crippen LogP contribution in [0.5, 0.6) is 0 Å². The summed E-state index contributed by atoms with van der Waals surface area (Å²) in [5, 5.41) is 0. The summed E-state index contributed by atoms with van der Waals surface area (Å²) in [6.45, 7) is 3.64. The average Bonchev–Trinajstić information content (AvgIpc) is 1.68. The first-order valence-electron chi connectivity index (χ1n) is 2.28. The van der Waals surface area contributed by atoms with E-state index < -0.39 is 6.17 Å². The average molecular weight is 103 g/mol. The van der Waals surface area contributed by atoms with Crippen molar-refractivity contribution in [2.24, 2.45) is 5.73 Å². The quantitative estimate of drug-likeness (QED) is 0.527. The third kappa shape index (κ3) is 3.46. The van der Waals surface area contributed by atoms with Gasteiger partial charge in [0.05, 0.1) is 0 Å². The highest BCUT2D eigenvalue weighted by molar-refractivity contribution is 4.77. The van der Waals surface area contributed by atoms with Crippen molar-refractivity contribution in [1.29, 1.82) is 0 Å². The van der Waals surface area contributed by atoms with Crippen molar-refractivity contribution in [1.82, 2.24) is 0 Å². The van der Waals surface area contributed by atoms with Crippen LogP contribution >= 0.6 is 0 Å². The maximum atomic E-state index is 11.9. The Labute approximate surface area is 43.0 Å². The zero-order valence-corrected chi connectivity index (χ0v) is 4.23. The molecule has 0 aliphatic rings. The minimum atomic E-state index is -0.912. The van der Waals surface area contributed by atoms with E-state index in [1.165, 1.54) is 6.08 Å². The first-order valence-corrected chi connectivity index (χ1v) is 2.28. The molecule has 0 aliphatic heterocycles. The van der Waals surface area contributed by atoms with Gasteiger partial charge in [0.1, 0.15) is 6.17 Å². The molecule has 7 heavy (non-hydrogen) atoms. The lowest BCUT2D eigenvalue weighted by Gasteiger charge is -1.94. The van der Waals surface area contributed by atoms with Crippen LogP contribution in [0.4, 0.5) is 4.39 Å². The van der Waals surface area contributed by atoms with E-state index >= 15 is 0 Å². The number of rotatable bonds is 3. The van der Waals surface area contributed by atoms with Crippen LogP contribution in [0.2, 0.25) is 0 Å². The Kier molecular flexibility index (Phi) is 3.61. The van der Waals surface area contributed by atoms with Gasteiger partial charge in [-0.3, -0.25) is 0 Å². The molecule has 0 saturated heterocycles. The van der Waals surface area contributed by atoms with Gasteiger partial charge in [-0.25, -0.2) is 4.39 Å². The highest BCUT2D eigenvalue weighted by Gasteiger charge is 1.94. The zero-order valence-electron chi connectivity index (χ0n) is 4.23. The molecule has 0 fully saturated rings. The maximum absolute atomic E-state index is 11.9. The van der Waals surface area contributed by atoms with Crippen molar-refractivity contribution in [2.45, 2.75) is 12.6 Å². The van der Waals surface area contributed by atoms with Gasteiger partial charge >= 0.3 is 0 Å². The predicted molar refractivity (Wildman–Crippen MR) is 28.8 cm³/mol. The molecule has 0 bridgehead atoms. The van der Waals surface area contributed by atoms with E-state index in [-0.39, 0.29) is 0 Å². The van der Waals surface area contributed by atoms with E-state index in [1.54, 1.807) is 0 Å². The topological polar surface area (TPSA) is 26.0 Å². The molecule has 0 aromatic rings. The molecule has 0 radical (unpaired) electrons. The lowest BCUT2D eigenvalue weighted by atomic mass is 10.3. The summed E-state index contributed by atoms with van der Waals surface area (Å²) >= 11 is 0. The highest BCUT2D eigenvalue weighted by atomic mass is 19.1. The van der Waals surface area contributed by atoms with Crippen LogP contribution < -0.4 is 5.73 Å². The van der Waals surface area contributed by atoms with Gasteiger partial charge in [0.2, 0.25) is 0 Å². The summed E-state index contributed by atoms with van der Waals surface area (Å²) in [5.41, 5.74) is 5.02.